The van der Waals surface area contributed by atoms with E-state index >= 15 is 0 Å². The van der Waals surface area contributed by atoms with Crippen LogP contribution in [0.15, 0.2) is 0 Å². The largest absolute Gasteiger partial charge is 0.375 e. The van der Waals surface area contributed by atoms with E-state index in [0.29, 0.717) is 6.61 Å². The molecule has 0 aromatic heterocycles. The summed E-state index contributed by atoms with van der Waals surface area (Å²) in [4.78, 5) is 0. The van der Waals surface area contributed by atoms with Crippen molar-refractivity contribution < 1.29 is 24.1 Å². The number of ether oxygens (including phenoxy) is 4. The third kappa shape index (κ3) is 3.07. The van der Waals surface area contributed by atoms with Crippen LogP contribution in [0.25, 0.3) is 0 Å². The number of hydrogen-bond donors (Lipinski definition) is 1. The van der Waals surface area contributed by atoms with Gasteiger partial charge in [-0.05, 0) is 20.3 Å². The highest BCUT2D eigenvalue weighted by molar-refractivity contribution is 5.02. The summed E-state index contributed by atoms with van der Waals surface area (Å²) in [5.74, 6) is -0.732. The molecule has 0 aromatic rings. The maximum Gasteiger partial charge on any atom is 0.190 e. The predicted octanol–water partition coefficient (Wildman–Crippen LogP) is 0.933. The van der Waals surface area contributed by atoms with Crippen molar-refractivity contribution in [3.05, 3.63) is 0 Å². The van der Waals surface area contributed by atoms with Gasteiger partial charge < -0.3 is 24.1 Å². The normalized spacial score (nSPS) is 37.8. The summed E-state index contributed by atoms with van der Waals surface area (Å²) in [6, 6.07) is 1.78. The average molecular weight is 271 g/mol. The zero-order valence-electron chi connectivity index (χ0n) is 11.5. The van der Waals surface area contributed by atoms with E-state index in [-0.39, 0.29) is 0 Å². The Morgan fingerprint density at radius 3 is 2.79 bits per heavy atom. The fourth-order valence-electron chi connectivity index (χ4n) is 2.39. The number of nitriles is 1. The Balaban J connectivity index is 2.05. The Hall–Kier alpha value is -0.710. The molecule has 2 heterocycles. The van der Waals surface area contributed by atoms with Gasteiger partial charge in [0, 0.05) is 6.61 Å². The van der Waals surface area contributed by atoms with Crippen molar-refractivity contribution in [1.82, 2.24) is 0 Å². The zero-order chi connectivity index (χ0) is 14.0. The van der Waals surface area contributed by atoms with Crippen molar-refractivity contribution in [1.29, 1.82) is 5.26 Å². The first-order valence-corrected chi connectivity index (χ1v) is 6.69. The third-order valence-corrected chi connectivity index (χ3v) is 3.28. The van der Waals surface area contributed by atoms with E-state index < -0.39 is 36.5 Å². The highest BCUT2D eigenvalue weighted by atomic mass is 16.8. The number of nitrogens with zero attached hydrogens (tertiary/aromatic N) is 1. The minimum Gasteiger partial charge on any atom is -0.375 e. The molecule has 0 bridgehead atoms. The van der Waals surface area contributed by atoms with Gasteiger partial charge in [0.1, 0.15) is 18.3 Å². The van der Waals surface area contributed by atoms with E-state index in [0.717, 1.165) is 12.8 Å². The molecule has 0 aromatic carbocycles. The van der Waals surface area contributed by atoms with Crippen molar-refractivity contribution in [2.45, 2.75) is 70.1 Å². The van der Waals surface area contributed by atoms with Crippen molar-refractivity contribution >= 4 is 0 Å². The first-order valence-electron chi connectivity index (χ1n) is 6.69. The van der Waals surface area contributed by atoms with Crippen LogP contribution in [0, 0.1) is 11.3 Å². The third-order valence-electron chi connectivity index (χ3n) is 3.28. The summed E-state index contributed by atoms with van der Waals surface area (Å²) >= 11 is 0. The van der Waals surface area contributed by atoms with Gasteiger partial charge in [-0.15, -0.1) is 0 Å². The van der Waals surface area contributed by atoms with Crippen LogP contribution in [0.3, 0.4) is 0 Å². The monoisotopic (exact) mass is 271 g/mol. The van der Waals surface area contributed by atoms with Gasteiger partial charge >= 0.3 is 0 Å². The Morgan fingerprint density at radius 1 is 1.42 bits per heavy atom. The molecule has 2 unspecified atom stereocenters. The molecule has 6 nitrogen and oxygen atoms in total. The minimum absolute atomic E-state index is 0.403. The van der Waals surface area contributed by atoms with Crippen LogP contribution in [-0.2, 0) is 18.9 Å². The van der Waals surface area contributed by atoms with E-state index in [2.05, 4.69) is 6.92 Å². The van der Waals surface area contributed by atoms with Crippen molar-refractivity contribution in [3.8, 4) is 6.07 Å². The summed E-state index contributed by atoms with van der Waals surface area (Å²) in [5, 5.41) is 18.5. The highest BCUT2D eigenvalue weighted by Gasteiger charge is 2.57. The Morgan fingerprint density at radius 2 is 2.16 bits per heavy atom. The molecular formula is C13H21NO5. The maximum absolute atomic E-state index is 9.69. The van der Waals surface area contributed by atoms with Crippen molar-refractivity contribution in [3.63, 3.8) is 0 Å². The molecule has 5 atom stereocenters. The lowest BCUT2D eigenvalue weighted by molar-refractivity contribution is -0.226. The Kier molecular flexibility index (Phi) is 4.43. The van der Waals surface area contributed by atoms with Gasteiger partial charge in [0.2, 0.25) is 0 Å². The first-order chi connectivity index (χ1) is 8.98. The fourth-order valence-corrected chi connectivity index (χ4v) is 2.39. The molecule has 108 valence electrons. The minimum atomic E-state index is -1.24. The number of aliphatic hydroxyl groups is 1. The number of hydrogen-bond acceptors (Lipinski definition) is 6. The SMILES string of the molecule is CCCCOC1C2OC(C)(C)O[C@H]2O[C@@H]1[C@H](O)C#N. The average Bonchev–Trinajstić information content (AvgIpc) is 2.82. The van der Waals surface area contributed by atoms with Gasteiger partial charge in [-0.3, -0.25) is 0 Å². The number of fused-ring (bicyclic) bond motifs is 1. The van der Waals surface area contributed by atoms with Gasteiger partial charge in [0.15, 0.2) is 18.2 Å². The fraction of sp³-hybridized carbons (Fsp3) is 0.923. The first kappa shape index (κ1) is 14.7. The van der Waals surface area contributed by atoms with Gasteiger partial charge in [-0.1, -0.05) is 13.3 Å². The number of aliphatic hydroxyl groups excluding tert-OH is 1. The Labute approximate surface area is 113 Å². The Bertz CT molecular complexity index is 353. The van der Waals surface area contributed by atoms with Crippen LogP contribution < -0.4 is 0 Å². The summed E-state index contributed by atoms with van der Waals surface area (Å²) < 4.78 is 22.7. The van der Waals surface area contributed by atoms with Crippen LogP contribution in [0.5, 0.6) is 0 Å². The van der Waals surface area contributed by atoms with Crippen LogP contribution >= 0.6 is 0 Å². The van der Waals surface area contributed by atoms with Crippen molar-refractivity contribution in [2.75, 3.05) is 6.61 Å². The highest BCUT2D eigenvalue weighted by Crippen LogP contribution is 2.39. The quantitative estimate of drug-likeness (QED) is 0.592. The summed E-state index contributed by atoms with van der Waals surface area (Å²) in [5.41, 5.74) is 0. The van der Waals surface area contributed by atoms with Gasteiger partial charge in [-0.2, -0.15) is 5.26 Å². The van der Waals surface area contributed by atoms with Gasteiger partial charge in [-0.25, -0.2) is 0 Å². The zero-order valence-corrected chi connectivity index (χ0v) is 11.5. The number of unbranched alkanes of at least 4 members (excludes halogenated alkanes) is 1. The van der Waals surface area contributed by atoms with Crippen LogP contribution in [0.4, 0.5) is 0 Å². The molecule has 2 fully saturated rings. The van der Waals surface area contributed by atoms with Gasteiger partial charge in [0.05, 0.1) is 6.07 Å². The van der Waals surface area contributed by atoms with Crippen LogP contribution in [0.2, 0.25) is 0 Å². The standard InChI is InChI=1S/C13H21NO5/c1-4-5-6-16-10-9(8(15)7-14)17-12-11(10)18-13(2,3)19-12/h8-12,15H,4-6H2,1-3H3/t8-,9-,10?,11?,12-/m1/s1. The molecule has 0 saturated carbocycles. The maximum atomic E-state index is 9.69. The smallest absolute Gasteiger partial charge is 0.190 e. The van der Waals surface area contributed by atoms with E-state index in [4.69, 9.17) is 24.2 Å². The second-order valence-corrected chi connectivity index (χ2v) is 5.33. The summed E-state index contributed by atoms with van der Waals surface area (Å²) in [6.45, 7) is 6.21. The molecule has 0 spiro atoms. The van der Waals surface area contributed by atoms with E-state index in [9.17, 15) is 5.11 Å². The van der Waals surface area contributed by atoms with Gasteiger partial charge in [0.25, 0.3) is 0 Å². The molecule has 0 aliphatic carbocycles. The molecule has 1 N–H and O–H groups in total. The van der Waals surface area contributed by atoms with E-state index in [1.165, 1.54) is 0 Å². The van der Waals surface area contributed by atoms with Crippen molar-refractivity contribution in [2.24, 2.45) is 0 Å². The van der Waals surface area contributed by atoms with E-state index in [1.54, 1.807) is 19.9 Å². The lowest BCUT2D eigenvalue weighted by Gasteiger charge is -2.26. The molecule has 0 radical (unpaired) electrons. The second kappa shape index (κ2) is 5.73. The molecular weight excluding hydrogens is 250 g/mol. The van der Waals surface area contributed by atoms with E-state index in [1.807, 2.05) is 0 Å². The lowest BCUT2D eigenvalue weighted by atomic mass is 10.1. The molecule has 19 heavy (non-hydrogen) atoms. The molecule has 2 saturated heterocycles. The molecule has 2 rings (SSSR count). The molecule has 6 heteroatoms. The molecule has 0 amide bonds. The summed E-state index contributed by atoms with van der Waals surface area (Å²) in [6.07, 6.45) is -1.52. The number of rotatable bonds is 5. The molecule has 2 aliphatic rings. The topological polar surface area (TPSA) is 80.9 Å². The van der Waals surface area contributed by atoms with Crippen LogP contribution in [-0.4, -0.2) is 48.2 Å². The second-order valence-electron chi connectivity index (χ2n) is 5.33. The lowest BCUT2D eigenvalue weighted by Crippen LogP contribution is -2.42. The molecule has 2 aliphatic heterocycles. The predicted molar refractivity (Wildman–Crippen MR) is 65.0 cm³/mol. The summed E-state index contributed by atoms with van der Waals surface area (Å²) in [7, 11) is 0. The van der Waals surface area contributed by atoms with Crippen LogP contribution in [0.1, 0.15) is 33.6 Å².